The van der Waals surface area contributed by atoms with Crippen LogP contribution in [0.1, 0.15) is 13.8 Å². The van der Waals surface area contributed by atoms with Crippen molar-refractivity contribution in [1.29, 1.82) is 0 Å². The number of fused-ring (bicyclic) bond motifs is 1. The Balaban J connectivity index is 1.56. The van der Waals surface area contributed by atoms with Crippen LogP contribution in [0.25, 0.3) is 21.3 Å². The maximum Gasteiger partial charge on any atom is 0.266 e. The lowest BCUT2D eigenvalue weighted by atomic mass is 10.1. The first-order valence-corrected chi connectivity index (χ1v) is 14.2. The van der Waals surface area contributed by atoms with E-state index in [1.165, 1.54) is 22.0 Å². The predicted octanol–water partition coefficient (Wildman–Crippen LogP) is 6.72. The van der Waals surface area contributed by atoms with E-state index in [9.17, 15) is 8.42 Å². The summed E-state index contributed by atoms with van der Waals surface area (Å²) < 4.78 is 34.6. The molecule has 0 aliphatic carbocycles. The van der Waals surface area contributed by atoms with Gasteiger partial charge in [-0.25, -0.2) is 18.4 Å². The highest BCUT2D eigenvalue weighted by molar-refractivity contribution is 7.93. The molecule has 2 heterocycles. The number of nitrogens with zero attached hydrogens (tertiary/aromatic N) is 3. The van der Waals surface area contributed by atoms with Crippen LogP contribution >= 0.6 is 11.3 Å². The van der Waals surface area contributed by atoms with Gasteiger partial charge in [0, 0.05) is 17.5 Å². The molecule has 0 saturated carbocycles. The zero-order valence-electron chi connectivity index (χ0n) is 20.5. The van der Waals surface area contributed by atoms with Crippen LogP contribution in [0.5, 0.6) is 5.75 Å². The van der Waals surface area contributed by atoms with Crippen molar-refractivity contribution in [3.8, 4) is 16.9 Å². The molecule has 0 aliphatic heterocycles. The Morgan fingerprint density at radius 1 is 0.919 bits per heavy atom. The number of rotatable bonds is 9. The summed E-state index contributed by atoms with van der Waals surface area (Å²) in [4.78, 5) is 9.93. The fourth-order valence-corrected chi connectivity index (χ4v) is 6.75. The number of hydrogen-bond donors (Lipinski definition) is 1. The van der Waals surface area contributed by atoms with Crippen LogP contribution in [-0.2, 0) is 10.0 Å². The van der Waals surface area contributed by atoms with E-state index >= 15 is 0 Å². The molecule has 0 saturated heterocycles. The molecule has 2 aromatic heterocycles. The van der Waals surface area contributed by atoms with Crippen molar-refractivity contribution in [2.45, 2.75) is 18.7 Å². The largest absolute Gasteiger partial charge is 0.494 e. The minimum atomic E-state index is -3.85. The maximum atomic E-state index is 13.8. The van der Waals surface area contributed by atoms with Crippen molar-refractivity contribution in [1.82, 2.24) is 9.97 Å². The highest BCUT2D eigenvalue weighted by Gasteiger charge is 2.27. The second-order valence-corrected chi connectivity index (χ2v) is 10.8. The number of ether oxygens (including phenoxy) is 1. The first-order chi connectivity index (χ1) is 18.0. The number of sulfonamides is 1. The molecule has 0 bridgehead atoms. The monoisotopic (exact) mass is 530 g/mol. The number of para-hydroxylation sites is 2. The molecule has 1 N–H and O–H groups in total. The van der Waals surface area contributed by atoms with Crippen molar-refractivity contribution in [3.05, 3.63) is 90.6 Å². The van der Waals surface area contributed by atoms with E-state index in [0.29, 0.717) is 30.3 Å². The lowest BCUT2D eigenvalue weighted by Crippen LogP contribution is -2.31. The third kappa shape index (κ3) is 4.87. The molecular formula is C28H26N4O3S2. The summed E-state index contributed by atoms with van der Waals surface area (Å²) in [5, 5.41) is 6.18. The molecule has 5 rings (SSSR count). The molecule has 188 valence electrons. The Morgan fingerprint density at radius 2 is 1.65 bits per heavy atom. The first-order valence-electron chi connectivity index (χ1n) is 11.9. The fourth-order valence-electron chi connectivity index (χ4n) is 4.21. The van der Waals surface area contributed by atoms with Crippen LogP contribution < -0.4 is 14.4 Å². The van der Waals surface area contributed by atoms with Gasteiger partial charge >= 0.3 is 0 Å². The summed E-state index contributed by atoms with van der Waals surface area (Å²) in [5.74, 6) is 1.35. The molecule has 0 radical (unpaired) electrons. The average Bonchev–Trinajstić information content (AvgIpc) is 3.36. The van der Waals surface area contributed by atoms with Crippen molar-refractivity contribution < 1.29 is 13.2 Å². The number of nitrogens with one attached hydrogen (secondary N) is 1. The fraction of sp³-hybridized carbons (Fsp3) is 0.143. The van der Waals surface area contributed by atoms with E-state index in [0.717, 1.165) is 27.1 Å². The summed E-state index contributed by atoms with van der Waals surface area (Å²) in [6.07, 6.45) is 1.49. The second-order valence-electron chi connectivity index (χ2n) is 8.14. The van der Waals surface area contributed by atoms with E-state index in [4.69, 9.17) is 4.74 Å². The van der Waals surface area contributed by atoms with E-state index in [-0.39, 0.29) is 4.90 Å². The first kappa shape index (κ1) is 24.7. The van der Waals surface area contributed by atoms with E-state index in [1.807, 2.05) is 61.7 Å². The summed E-state index contributed by atoms with van der Waals surface area (Å²) >= 11 is 1.51. The van der Waals surface area contributed by atoms with Gasteiger partial charge in [-0.3, -0.25) is 4.31 Å². The van der Waals surface area contributed by atoms with Crippen molar-refractivity contribution in [3.63, 3.8) is 0 Å². The van der Waals surface area contributed by atoms with Gasteiger partial charge in [-0.1, -0.05) is 42.5 Å². The van der Waals surface area contributed by atoms with Gasteiger partial charge in [-0.2, -0.15) is 0 Å². The Labute approximate surface area is 220 Å². The molecule has 7 nitrogen and oxygen atoms in total. The van der Waals surface area contributed by atoms with Gasteiger partial charge in [-0.05, 0) is 55.8 Å². The van der Waals surface area contributed by atoms with Crippen LogP contribution in [0.2, 0.25) is 0 Å². The van der Waals surface area contributed by atoms with Gasteiger partial charge in [0.25, 0.3) is 10.0 Å². The zero-order valence-corrected chi connectivity index (χ0v) is 22.1. The molecule has 37 heavy (non-hydrogen) atoms. The van der Waals surface area contributed by atoms with Gasteiger partial charge in [0.15, 0.2) is 0 Å². The molecule has 0 fully saturated rings. The number of aromatic nitrogens is 2. The highest BCUT2D eigenvalue weighted by atomic mass is 32.2. The van der Waals surface area contributed by atoms with Crippen molar-refractivity contribution >= 4 is 48.8 Å². The van der Waals surface area contributed by atoms with E-state index in [2.05, 4.69) is 15.3 Å². The summed E-state index contributed by atoms with van der Waals surface area (Å²) in [5.41, 5.74) is 3.02. The van der Waals surface area contributed by atoms with Crippen molar-refractivity contribution in [2.24, 2.45) is 0 Å². The molecule has 0 atom stereocenters. The van der Waals surface area contributed by atoms with Crippen LogP contribution in [-0.4, -0.2) is 31.5 Å². The van der Waals surface area contributed by atoms with Crippen LogP contribution in [0.4, 0.5) is 17.2 Å². The quantitative estimate of drug-likeness (QED) is 0.228. The van der Waals surface area contributed by atoms with Crippen LogP contribution in [0.15, 0.2) is 95.5 Å². The number of hydrogen-bond acceptors (Lipinski definition) is 7. The van der Waals surface area contributed by atoms with E-state index < -0.39 is 10.0 Å². The molecule has 5 aromatic rings. The topological polar surface area (TPSA) is 84.4 Å². The minimum Gasteiger partial charge on any atom is -0.494 e. The molecule has 3 aromatic carbocycles. The van der Waals surface area contributed by atoms with Gasteiger partial charge in [-0.15, -0.1) is 11.3 Å². The van der Waals surface area contributed by atoms with Crippen molar-refractivity contribution in [2.75, 3.05) is 22.8 Å². The molecule has 9 heteroatoms. The summed E-state index contributed by atoms with van der Waals surface area (Å²) in [6.45, 7) is 4.67. The Bertz CT molecular complexity index is 1620. The highest BCUT2D eigenvalue weighted by Crippen LogP contribution is 2.39. The number of thiophene rings is 1. The molecule has 0 spiro atoms. The second kappa shape index (κ2) is 10.6. The van der Waals surface area contributed by atoms with Gasteiger partial charge in [0.2, 0.25) is 0 Å². The van der Waals surface area contributed by atoms with Gasteiger partial charge < -0.3 is 10.1 Å². The number of anilines is 3. The minimum absolute atomic E-state index is 0.172. The average molecular weight is 531 g/mol. The van der Waals surface area contributed by atoms with Gasteiger partial charge in [0.05, 0.1) is 23.4 Å². The molecular weight excluding hydrogens is 504 g/mol. The standard InChI is InChI=1S/C28H26N4O3S2/c1-3-32(21-10-6-5-7-11-21)37(33,34)25-13-9-8-12-24(25)31-27-26-23(18-36-28(26)30-19-29-27)20-14-16-22(17-15-20)35-4-2/h5-19H,3-4H2,1-2H3,(H,29,30,31). The summed E-state index contributed by atoms with van der Waals surface area (Å²) in [6, 6.07) is 23.9. The SMILES string of the molecule is CCOc1ccc(-c2csc3ncnc(Nc4ccccc4S(=O)(=O)N(CC)c4ccccc4)c23)cc1. The lowest BCUT2D eigenvalue weighted by molar-refractivity contribution is 0.340. The Kier molecular flexibility index (Phi) is 7.07. The summed E-state index contributed by atoms with van der Waals surface area (Å²) in [7, 11) is -3.85. The maximum absolute atomic E-state index is 13.8. The molecule has 0 amide bonds. The number of benzene rings is 3. The van der Waals surface area contributed by atoms with Crippen LogP contribution in [0.3, 0.4) is 0 Å². The Hall–Kier alpha value is -3.95. The predicted molar refractivity (Wildman–Crippen MR) is 150 cm³/mol. The lowest BCUT2D eigenvalue weighted by Gasteiger charge is -2.24. The smallest absolute Gasteiger partial charge is 0.266 e. The van der Waals surface area contributed by atoms with Crippen LogP contribution in [0, 0.1) is 0 Å². The molecule has 0 unspecified atom stereocenters. The van der Waals surface area contributed by atoms with Gasteiger partial charge in [0.1, 0.15) is 27.6 Å². The third-order valence-corrected chi connectivity index (χ3v) is 8.73. The third-order valence-electron chi connectivity index (χ3n) is 5.89. The normalized spacial score (nSPS) is 11.4. The zero-order chi connectivity index (χ0) is 25.8. The molecule has 0 aliphatic rings. The Morgan fingerprint density at radius 3 is 2.38 bits per heavy atom. The van der Waals surface area contributed by atoms with E-state index in [1.54, 1.807) is 36.4 Å².